The number of hydrogen-bond acceptors (Lipinski definition) is 9. The molecule has 2 bridgehead atoms. The van der Waals surface area contributed by atoms with E-state index in [0.29, 0.717) is 35.2 Å². The Hall–Kier alpha value is -3.56. The second-order valence-corrected chi connectivity index (χ2v) is 13.2. The minimum Gasteiger partial charge on any atom is -0.437 e. The highest BCUT2D eigenvalue weighted by Gasteiger charge is 2.40. The topological polar surface area (TPSA) is 134 Å². The number of hydrogen-bond donors (Lipinski definition) is 2. The summed E-state index contributed by atoms with van der Waals surface area (Å²) in [5.41, 5.74) is 4.30. The van der Waals surface area contributed by atoms with Crippen LogP contribution in [0, 0.1) is 25.2 Å². The first-order valence-corrected chi connectivity index (χ1v) is 15.7. The Kier molecular flexibility index (Phi) is 6.96. The fraction of sp³-hybridized carbons (Fsp3) is 0.345. The van der Waals surface area contributed by atoms with E-state index < -0.39 is 10.0 Å². The highest BCUT2D eigenvalue weighted by molar-refractivity contribution is 7.89. The maximum atomic E-state index is 11.6. The number of anilines is 1. The van der Waals surface area contributed by atoms with Crippen molar-refractivity contribution in [1.29, 1.82) is 5.26 Å². The number of benzene rings is 2. The molecule has 206 valence electrons. The van der Waals surface area contributed by atoms with E-state index in [1.165, 1.54) is 0 Å². The maximum absolute atomic E-state index is 11.6. The van der Waals surface area contributed by atoms with Crippen LogP contribution in [-0.2, 0) is 16.6 Å². The molecule has 11 heteroatoms. The number of rotatable bonds is 7. The number of sulfonamides is 1. The first-order valence-electron chi connectivity index (χ1n) is 13.3. The lowest BCUT2D eigenvalue weighted by Gasteiger charge is -2.39. The molecule has 4 aromatic rings. The van der Waals surface area contributed by atoms with Crippen LogP contribution in [0.5, 0.6) is 11.6 Å². The summed E-state index contributed by atoms with van der Waals surface area (Å²) in [6.07, 6.45) is 4.21. The second-order valence-electron chi connectivity index (χ2n) is 10.7. The molecule has 9 nitrogen and oxygen atoms in total. The molecule has 3 N–H and O–H groups in total. The molecule has 0 amide bonds. The first kappa shape index (κ1) is 26.7. The SMILES string of the molecule is Cc1cc(C#N)cc(C)c1Oc1nc(NC2CC3CCC(C2)N3Cc2ccc(S(N)(=O)=O)cc2)nc2ccsc12. The van der Waals surface area contributed by atoms with Crippen LogP contribution in [0.1, 0.15) is 47.9 Å². The molecular formula is C29H30N6O3S2. The van der Waals surface area contributed by atoms with E-state index >= 15 is 0 Å². The molecule has 2 atom stereocenters. The van der Waals surface area contributed by atoms with Gasteiger partial charge in [-0.1, -0.05) is 12.1 Å². The minimum atomic E-state index is -3.69. The van der Waals surface area contributed by atoms with Gasteiger partial charge in [0, 0.05) is 24.7 Å². The smallest absolute Gasteiger partial charge is 0.242 e. The number of nitrogens with two attached hydrogens (primary N) is 1. The van der Waals surface area contributed by atoms with Gasteiger partial charge in [0.1, 0.15) is 10.4 Å². The lowest BCUT2D eigenvalue weighted by Crippen LogP contribution is -2.46. The van der Waals surface area contributed by atoms with Crippen molar-refractivity contribution in [2.45, 2.75) is 69.1 Å². The molecule has 40 heavy (non-hydrogen) atoms. The maximum Gasteiger partial charge on any atom is 0.242 e. The van der Waals surface area contributed by atoms with Crippen LogP contribution in [0.15, 0.2) is 52.7 Å². The van der Waals surface area contributed by atoms with Gasteiger partial charge >= 0.3 is 0 Å². The van der Waals surface area contributed by atoms with Crippen molar-refractivity contribution in [3.8, 4) is 17.7 Å². The summed E-state index contributed by atoms with van der Waals surface area (Å²) in [7, 11) is -3.69. The third-order valence-electron chi connectivity index (χ3n) is 7.90. The number of primary sulfonamides is 1. The van der Waals surface area contributed by atoms with Gasteiger partial charge in [0.05, 0.1) is 22.0 Å². The fourth-order valence-corrected chi connectivity index (χ4v) is 7.34. The molecular weight excluding hydrogens is 544 g/mol. The second kappa shape index (κ2) is 10.4. The van der Waals surface area contributed by atoms with Crippen molar-refractivity contribution in [3.05, 3.63) is 70.1 Å². The van der Waals surface area contributed by atoms with Gasteiger partial charge in [0.15, 0.2) is 0 Å². The standard InChI is InChI=1S/C29H30N6O3S2/c1-17-11-20(15-30)12-18(2)26(17)38-28-27-25(9-10-39-27)33-29(34-28)32-21-13-22-5-6-23(14-21)35(22)16-19-3-7-24(8-4-19)40(31,36)37/h3-4,7-12,21-23H,5-6,13-14,16H2,1-2H3,(H2,31,36,37)(H,32,33,34). The minimum absolute atomic E-state index is 0.137. The lowest BCUT2D eigenvalue weighted by atomic mass is 9.96. The van der Waals surface area contributed by atoms with Gasteiger partial charge < -0.3 is 10.1 Å². The van der Waals surface area contributed by atoms with Crippen LogP contribution >= 0.6 is 11.3 Å². The Morgan fingerprint density at radius 1 is 1.10 bits per heavy atom. The average molecular weight is 575 g/mol. The molecule has 0 aliphatic carbocycles. The molecule has 2 saturated heterocycles. The van der Waals surface area contributed by atoms with Crippen molar-refractivity contribution in [3.63, 3.8) is 0 Å². The molecule has 2 fully saturated rings. The van der Waals surface area contributed by atoms with Gasteiger partial charge in [-0.2, -0.15) is 10.2 Å². The van der Waals surface area contributed by atoms with Gasteiger partial charge in [0.2, 0.25) is 21.9 Å². The molecule has 0 radical (unpaired) electrons. The van der Waals surface area contributed by atoms with E-state index in [1.54, 1.807) is 23.5 Å². The zero-order valence-electron chi connectivity index (χ0n) is 22.3. The number of ether oxygens (including phenoxy) is 1. The number of aromatic nitrogens is 2. The van der Waals surface area contributed by atoms with E-state index in [9.17, 15) is 13.7 Å². The molecule has 2 unspecified atom stereocenters. The van der Waals surface area contributed by atoms with Crippen LogP contribution < -0.4 is 15.2 Å². The summed E-state index contributed by atoms with van der Waals surface area (Å²) in [6.45, 7) is 4.66. The molecule has 2 aliphatic rings. The summed E-state index contributed by atoms with van der Waals surface area (Å²) in [4.78, 5) is 12.3. The monoisotopic (exact) mass is 574 g/mol. The van der Waals surface area contributed by atoms with Crippen molar-refractivity contribution < 1.29 is 13.2 Å². The van der Waals surface area contributed by atoms with Crippen molar-refractivity contribution in [2.75, 3.05) is 5.32 Å². The summed E-state index contributed by atoms with van der Waals surface area (Å²) in [6, 6.07) is 15.8. The van der Waals surface area contributed by atoms with Crippen LogP contribution in [0.25, 0.3) is 10.2 Å². The fourth-order valence-electron chi connectivity index (χ4n) is 6.07. The van der Waals surface area contributed by atoms with Crippen LogP contribution in [0.2, 0.25) is 0 Å². The number of fused-ring (bicyclic) bond motifs is 3. The van der Waals surface area contributed by atoms with E-state index in [0.717, 1.165) is 59.1 Å². The number of piperidine rings is 1. The van der Waals surface area contributed by atoms with Gasteiger partial charge in [-0.25, -0.2) is 18.5 Å². The molecule has 6 rings (SSSR count). The van der Waals surface area contributed by atoms with Crippen LogP contribution in [0.4, 0.5) is 5.95 Å². The lowest BCUT2D eigenvalue weighted by molar-refractivity contribution is 0.124. The number of nitrogens with zero attached hydrogens (tertiary/aromatic N) is 4. The van der Waals surface area contributed by atoms with Gasteiger partial charge in [0.25, 0.3) is 0 Å². The zero-order valence-corrected chi connectivity index (χ0v) is 23.9. The molecule has 0 saturated carbocycles. The Balaban J connectivity index is 1.18. The largest absolute Gasteiger partial charge is 0.437 e. The Labute approximate surface area is 237 Å². The van der Waals surface area contributed by atoms with Crippen molar-refractivity contribution in [2.24, 2.45) is 5.14 Å². The van der Waals surface area contributed by atoms with Crippen molar-refractivity contribution in [1.82, 2.24) is 14.9 Å². The van der Waals surface area contributed by atoms with Crippen molar-refractivity contribution >= 4 is 37.5 Å². The molecule has 2 aromatic carbocycles. The van der Waals surface area contributed by atoms with Gasteiger partial charge in [-0.3, -0.25) is 4.90 Å². The third-order valence-corrected chi connectivity index (χ3v) is 9.72. The summed E-state index contributed by atoms with van der Waals surface area (Å²) >= 11 is 1.54. The molecule has 2 aliphatic heterocycles. The van der Waals surface area contributed by atoms with Gasteiger partial charge in [-0.05, 0) is 91.9 Å². The van der Waals surface area contributed by atoms with E-state index in [4.69, 9.17) is 19.8 Å². The van der Waals surface area contributed by atoms with Gasteiger partial charge in [-0.15, -0.1) is 11.3 Å². The highest BCUT2D eigenvalue weighted by Crippen LogP contribution is 2.39. The number of nitriles is 1. The molecule has 2 aromatic heterocycles. The quantitative estimate of drug-likeness (QED) is 0.307. The summed E-state index contributed by atoms with van der Waals surface area (Å²) in [5, 5.41) is 20.1. The predicted octanol–water partition coefficient (Wildman–Crippen LogP) is 5.23. The third kappa shape index (κ3) is 5.28. The van der Waals surface area contributed by atoms with Crippen LogP contribution in [-0.4, -0.2) is 41.4 Å². The Morgan fingerprint density at radius 2 is 1.77 bits per heavy atom. The molecule has 4 heterocycles. The zero-order chi connectivity index (χ0) is 28.0. The average Bonchev–Trinajstić information content (AvgIpc) is 3.47. The van der Waals surface area contributed by atoms with Crippen LogP contribution in [0.3, 0.4) is 0 Å². The number of thiophene rings is 1. The number of nitrogens with one attached hydrogen (secondary N) is 1. The summed E-state index contributed by atoms with van der Waals surface area (Å²) < 4.78 is 30.4. The Morgan fingerprint density at radius 3 is 2.40 bits per heavy atom. The van der Waals surface area contributed by atoms with E-state index in [1.807, 2.05) is 49.6 Å². The predicted molar refractivity (Wildman–Crippen MR) is 155 cm³/mol. The highest BCUT2D eigenvalue weighted by atomic mass is 32.2. The normalized spacial score (nSPS) is 20.9. The van der Waals surface area contributed by atoms with E-state index in [2.05, 4.69) is 16.3 Å². The first-order chi connectivity index (χ1) is 19.2. The summed E-state index contributed by atoms with van der Waals surface area (Å²) in [5.74, 6) is 1.78. The van der Waals surface area contributed by atoms with E-state index in [-0.39, 0.29) is 10.9 Å². The Bertz CT molecular complexity index is 1690. The number of aryl methyl sites for hydroxylation is 2. The molecule has 0 spiro atoms.